The van der Waals surface area contributed by atoms with Crippen molar-refractivity contribution in [3.8, 4) is 0 Å². The quantitative estimate of drug-likeness (QED) is 0.137. The maximum absolute atomic E-state index is 12.0. The van der Waals surface area contributed by atoms with E-state index in [1.165, 1.54) is 29.6 Å². The summed E-state index contributed by atoms with van der Waals surface area (Å²) in [7, 11) is 0. The lowest BCUT2D eigenvalue weighted by Gasteiger charge is -2.17. The van der Waals surface area contributed by atoms with Gasteiger partial charge in [-0.1, -0.05) is 11.8 Å². The third-order valence-corrected chi connectivity index (χ3v) is 5.05. The smallest absolute Gasteiger partial charge is 0.257 e. The summed E-state index contributed by atoms with van der Waals surface area (Å²) in [6.45, 7) is 0.927. The monoisotopic (exact) mass is 429 g/mol. The van der Waals surface area contributed by atoms with Crippen LogP contribution in [-0.4, -0.2) is 89.2 Å². The topological polar surface area (TPSA) is 201 Å². The number of nitrogens with zero attached hydrogens (tertiary/aromatic N) is 4. The highest BCUT2D eigenvalue weighted by atomic mass is 32.2. The van der Waals surface area contributed by atoms with E-state index >= 15 is 0 Å². The zero-order valence-electron chi connectivity index (χ0n) is 15.6. The van der Waals surface area contributed by atoms with Crippen molar-refractivity contribution in [3.63, 3.8) is 0 Å². The van der Waals surface area contributed by atoms with Crippen LogP contribution in [0.15, 0.2) is 11.5 Å². The molecule has 0 unspecified atom stereocenters. The van der Waals surface area contributed by atoms with Gasteiger partial charge in [0.1, 0.15) is 24.4 Å². The van der Waals surface area contributed by atoms with Crippen molar-refractivity contribution < 1.29 is 30.0 Å². The Balaban J connectivity index is 1.92. The Morgan fingerprint density at radius 3 is 2.72 bits per heavy atom. The first-order valence-electron chi connectivity index (χ1n) is 8.69. The number of hydrogen-bond acceptors (Lipinski definition) is 12. The standard InChI is InChI=1S/C15H23N7O6S/c1-5(24)7(16)13(27)21-20-11-8-12(19-15(18-11)29-2)22(4-17-8)14-10(26)9(25)6(3-23)28-14/h4-7,9-10,14,23-26H,3,16H2,1-2H3,(H,21,27)(H,18,19,20)/t5-,6-,7+,9-,10-,14-/m1/s1. The van der Waals surface area contributed by atoms with E-state index < -0.39 is 49.2 Å². The largest absolute Gasteiger partial charge is 0.394 e. The SMILES string of the molecule is CSc1nc(NNC(=O)[C@@H](N)[C@@H](C)O)c2ncn([C@@H]3O[C@H](CO)[C@@H](O)[C@H]3O)c2n1. The average Bonchev–Trinajstić information content (AvgIpc) is 3.26. The molecule has 0 saturated carbocycles. The van der Waals surface area contributed by atoms with Crippen LogP contribution in [-0.2, 0) is 9.53 Å². The second kappa shape index (κ2) is 8.74. The molecule has 1 fully saturated rings. The highest BCUT2D eigenvalue weighted by Crippen LogP contribution is 2.32. The Hall–Kier alpha value is -2.07. The predicted octanol–water partition coefficient (Wildman–Crippen LogP) is -2.69. The molecule has 0 bridgehead atoms. The number of rotatable bonds is 7. The number of carbonyl (C=O) groups excluding carboxylic acids is 1. The third kappa shape index (κ3) is 4.13. The van der Waals surface area contributed by atoms with Crippen molar-refractivity contribution in [2.75, 3.05) is 18.3 Å². The molecule has 1 saturated heterocycles. The van der Waals surface area contributed by atoms with Gasteiger partial charge in [-0.25, -0.2) is 15.0 Å². The summed E-state index contributed by atoms with van der Waals surface area (Å²) in [6, 6.07) is -1.14. The average molecular weight is 429 g/mol. The number of hydrazine groups is 1. The molecule has 8 N–H and O–H groups in total. The fraction of sp³-hybridized carbons (Fsp3) is 0.600. The molecular formula is C15H23N7O6S. The molecule has 3 heterocycles. The van der Waals surface area contributed by atoms with Gasteiger partial charge < -0.3 is 30.9 Å². The Morgan fingerprint density at radius 2 is 2.14 bits per heavy atom. The molecule has 0 aliphatic carbocycles. The minimum Gasteiger partial charge on any atom is -0.394 e. The first-order valence-corrected chi connectivity index (χ1v) is 9.91. The summed E-state index contributed by atoms with van der Waals surface area (Å²) in [5.41, 5.74) is 11.1. The predicted molar refractivity (Wildman–Crippen MR) is 102 cm³/mol. The van der Waals surface area contributed by atoms with Crippen LogP contribution in [0.2, 0.25) is 0 Å². The van der Waals surface area contributed by atoms with E-state index in [-0.39, 0.29) is 17.0 Å². The van der Waals surface area contributed by atoms with Crippen LogP contribution in [0.1, 0.15) is 13.2 Å². The third-order valence-electron chi connectivity index (χ3n) is 4.50. The van der Waals surface area contributed by atoms with Crippen molar-refractivity contribution in [3.05, 3.63) is 6.33 Å². The summed E-state index contributed by atoms with van der Waals surface area (Å²) in [5, 5.41) is 39.3. The summed E-state index contributed by atoms with van der Waals surface area (Å²) in [5.74, 6) is -0.489. The fourth-order valence-electron chi connectivity index (χ4n) is 2.79. The molecular weight excluding hydrogens is 406 g/mol. The Kier molecular flexibility index (Phi) is 6.52. The second-order valence-corrected chi connectivity index (χ2v) is 7.27. The molecule has 1 amide bonds. The fourth-order valence-corrected chi connectivity index (χ4v) is 3.15. The normalized spacial score (nSPS) is 26.4. The lowest BCUT2D eigenvalue weighted by Crippen LogP contribution is -2.49. The van der Waals surface area contributed by atoms with E-state index in [2.05, 4.69) is 25.8 Å². The van der Waals surface area contributed by atoms with Crippen LogP contribution >= 0.6 is 11.8 Å². The zero-order chi connectivity index (χ0) is 21.3. The van der Waals surface area contributed by atoms with Gasteiger partial charge in [-0.15, -0.1) is 0 Å². The summed E-state index contributed by atoms with van der Waals surface area (Å²) < 4.78 is 6.94. The summed E-state index contributed by atoms with van der Waals surface area (Å²) in [6.07, 6.45) is -2.51. The first-order chi connectivity index (χ1) is 13.8. The van der Waals surface area contributed by atoms with Crippen LogP contribution in [0.3, 0.4) is 0 Å². The molecule has 160 valence electrons. The number of anilines is 1. The molecule has 1 aliphatic rings. The number of aliphatic hydroxyl groups excluding tert-OH is 4. The number of imidazole rings is 1. The van der Waals surface area contributed by atoms with Crippen LogP contribution in [0.25, 0.3) is 11.2 Å². The van der Waals surface area contributed by atoms with Crippen LogP contribution in [0.4, 0.5) is 5.82 Å². The van der Waals surface area contributed by atoms with E-state index in [0.717, 1.165) is 0 Å². The van der Waals surface area contributed by atoms with Crippen molar-refractivity contribution in [1.82, 2.24) is 24.9 Å². The molecule has 14 heteroatoms. The van der Waals surface area contributed by atoms with Crippen LogP contribution < -0.4 is 16.6 Å². The van der Waals surface area contributed by atoms with E-state index in [9.17, 15) is 25.2 Å². The lowest BCUT2D eigenvalue weighted by atomic mass is 10.1. The Bertz CT molecular complexity index is 880. The van der Waals surface area contributed by atoms with E-state index in [1.807, 2.05) is 0 Å². The van der Waals surface area contributed by atoms with Gasteiger partial charge in [0.05, 0.1) is 19.0 Å². The molecule has 2 aromatic rings. The van der Waals surface area contributed by atoms with E-state index in [1.54, 1.807) is 6.26 Å². The molecule has 0 spiro atoms. The number of aromatic nitrogens is 4. The van der Waals surface area contributed by atoms with Crippen molar-refractivity contribution in [1.29, 1.82) is 0 Å². The second-order valence-electron chi connectivity index (χ2n) is 6.49. The number of nitrogens with two attached hydrogens (primary N) is 1. The summed E-state index contributed by atoms with van der Waals surface area (Å²) in [4.78, 5) is 24.8. The van der Waals surface area contributed by atoms with E-state index in [0.29, 0.717) is 5.16 Å². The van der Waals surface area contributed by atoms with Gasteiger partial charge in [-0.05, 0) is 13.2 Å². The number of carbonyl (C=O) groups is 1. The highest BCUT2D eigenvalue weighted by molar-refractivity contribution is 7.98. The van der Waals surface area contributed by atoms with Gasteiger partial charge in [-0.3, -0.25) is 20.2 Å². The number of amides is 1. The number of thioether (sulfide) groups is 1. The van der Waals surface area contributed by atoms with Gasteiger partial charge in [0.15, 0.2) is 28.4 Å². The molecule has 6 atom stereocenters. The number of fused-ring (bicyclic) bond motifs is 1. The maximum atomic E-state index is 12.0. The number of nitrogens with one attached hydrogen (secondary N) is 2. The number of hydrogen-bond donors (Lipinski definition) is 7. The van der Waals surface area contributed by atoms with Crippen LogP contribution in [0.5, 0.6) is 0 Å². The summed E-state index contributed by atoms with van der Waals surface area (Å²) >= 11 is 1.23. The first kappa shape index (κ1) is 21.6. The minimum atomic E-state index is -1.31. The van der Waals surface area contributed by atoms with Gasteiger partial charge >= 0.3 is 0 Å². The van der Waals surface area contributed by atoms with E-state index in [4.69, 9.17) is 10.5 Å². The Morgan fingerprint density at radius 1 is 1.41 bits per heavy atom. The number of aliphatic hydroxyl groups is 4. The number of ether oxygens (including phenoxy) is 1. The van der Waals surface area contributed by atoms with Gasteiger partial charge in [0, 0.05) is 0 Å². The maximum Gasteiger partial charge on any atom is 0.257 e. The van der Waals surface area contributed by atoms with Gasteiger partial charge in [-0.2, -0.15) is 0 Å². The molecule has 2 aromatic heterocycles. The molecule has 13 nitrogen and oxygen atoms in total. The lowest BCUT2D eigenvalue weighted by molar-refractivity contribution is -0.123. The van der Waals surface area contributed by atoms with Gasteiger partial charge in [0.25, 0.3) is 5.91 Å². The van der Waals surface area contributed by atoms with Crippen LogP contribution in [0, 0.1) is 0 Å². The van der Waals surface area contributed by atoms with Crippen molar-refractivity contribution in [2.24, 2.45) is 5.73 Å². The molecule has 3 rings (SSSR count). The molecule has 0 radical (unpaired) electrons. The molecule has 29 heavy (non-hydrogen) atoms. The molecule has 1 aliphatic heterocycles. The molecule has 0 aromatic carbocycles. The van der Waals surface area contributed by atoms with Crippen molar-refractivity contribution >= 4 is 34.7 Å². The minimum absolute atomic E-state index is 0.163. The Labute approximate surface area is 169 Å². The van der Waals surface area contributed by atoms with Gasteiger partial charge in [0.2, 0.25) is 0 Å². The van der Waals surface area contributed by atoms with Crippen molar-refractivity contribution in [2.45, 2.75) is 48.8 Å². The zero-order valence-corrected chi connectivity index (χ0v) is 16.4. The highest BCUT2D eigenvalue weighted by Gasteiger charge is 2.44.